The van der Waals surface area contributed by atoms with Gasteiger partial charge in [0.1, 0.15) is 11.4 Å². The summed E-state index contributed by atoms with van der Waals surface area (Å²) < 4.78 is 5.51. The Morgan fingerprint density at radius 1 is 1.04 bits per heavy atom. The van der Waals surface area contributed by atoms with Crippen molar-refractivity contribution in [2.24, 2.45) is 0 Å². The van der Waals surface area contributed by atoms with Crippen molar-refractivity contribution >= 4 is 11.8 Å². The van der Waals surface area contributed by atoms with Crippen molar-refractivity contribution in [3.05, 3.63) is 54.6 Å². The van der Waals surface area contributed by atoms with Crippen LogP contribution in [0.1, 0.15) is 23.3 Å². The minimum atomic E-state index is -0.311. The summed E-state index contributed by atoms with van der Waals surface area (Å²) in [6, 6.07) is 9.47. The Kier molecular flexibility index (Phi) is 7.20. The first-order valence-electron chi connectivity index (χ1n) is 7.74. The molecule has 0 bridgehead atoms. The molecule has 0 aliphatic carbocycles. The van der Waals surface area contributed by atoms with Gasteiger partial charge in [-0.3, -0.25) is 14.6 Å². The lowest BCUT2D eigenvalue weighted by Crippen LogP contribution is -2.35. The highest BCUT2D eigenvalue weighted by molar-refractivity contribution is 5.91. The fourth-order valence-corrected chi connectivity index (χ4v) is 1.91. The standard InChI is InChI=1S/C17H20N4O3/c22-16(7-4-12-24-14-5-2-1-3-6-14)20-10-11-21-17(23)15-13-18-8-9-19-15/h1-3,5-6,8-9,13H,4,7,10-12H2,(H,20,22)(H,21,23). The molecule has 24 heavy (non-hydrogen) atoms. The van der Waals surface area contributed by atoms with Crippen molar-refractivity contribution in [2.45, 2.75) is 12.8 Å². The van der Waals surface area contributed by atoms with Crippen molar-refractivity contribution < 1.29 is 14.3 Å². The Hall–Kier alpha value is -2.96. The van der Waals surface area contributed by atoms with Gasteiger partial charge in [0.15, 0.2) is 0 Å². The van der Waals surface area contributed by atoms with E-state index in [2.05, 4.69) is 20.6 Å². The molecule has 2 aromatic rings. The maximum absolute atomic E-state index is 11.7. The molecule has 7 nitrogen and oxygen atoms in total. The number of aromatic nitrogens is 2. The summed E-state index contributed by atoms with van der Waals surface area (Å²) in [6.07, 6.45) is 5.35. The van der Waals surface area contributed by atoms with Crippen LogP contribution in [0, 0.1) is 0 Å². The van der Waals surface area contributed by atoms with Crippen LogP contribution in [-0.2, 0) is 4.79 Å². The van der Waals surface area contributed by atoms with Crippen LogP contribution in [0.3, 0.4) is 0 Å². The van der Waals surface area contributed by atoms with Gasteiger partial charge in [-0.25, -0.2) is 4.98 Å². The number of benzene rings is 1. The van der Waals surface area contributed by atoms with E-state index in [1.807, 2.05) is 30.3 Å². The number of ether oxygens (including phenoxy) is 1. The monoisotopic (exact) mass is 328 g/mol. The van der Waals surface area contributed by atoms with Crippen molar-refractivity contribution in [1.29, 1.82) is 0 Å². The molecule has 0 aliphatic heterocycles. The summed E-state index contributed by atoms with van der Waals surface area (Å²) in [5, 5.41) is 5.41. The molecule has 1 heterocycles. The normalized spacial score (nSPS) is 10.0. The zero-order chi connectivity index (χ0) is 17.0. The number of hydrogen-bond acceptors (Lipinski definition) is 5. The number of carbonyl (C=O) groups excluding carboxylic acids is 2. The van der Waals surface area contributed by atoms with Crippen molar-refractivity contribution in [3.8, 4) is 5.75 Å². The van der Waals surface area contributed by atoms with Crippen molar-refractivity contribution in [2.75, 3.05) is 19.7 Å². The SMILES string of the molecule is O=C(CCCOc1ccccc1)NCCNC(=O)c1cnccn1. The van der Waals surface area contributed by atoms with Crippen LogP contribution in [0.25, 0.3) is 0 Å². The largest absolute Gasteiger partial charge is 0.494 e. The van der Waals surface area contributed by atoms with E-state index >= 15 is 0 Å². The molecule has 0 radical (unpaired) electrons. The van der Waals surface area contributed by atoms with E-state index in [1.165, 1.54) is 18.6 Å². The van der Waals surface area contributed by atoms with Gasteiger partial charge in [-0.1, -0.05) is 18.2 Å². The smallest absolute Gasteiger partial charge is 0.271 e. The molecule has 1 aromatic heterocycles. The molecule has 0 spiro atoms. The van der Waals surface area contributed by atoms with Gasteiger partial charge in [-0.05, 0) is 18.6 Å². The number of nitrogens with one attached hydrogen (secondary N) is 2. The molecule has 2 amide bonds. The molecule has 0 unspecified atom stereocenters. The van der Waals surface area contributed by atoms with Gasteiger partial charge in [0.25, 0.3) is 5.91 Å². The topological polar surface area (TPSA) is 93.2 Å². The molecule has 0 saturated heterocycles. The number of para-hydroxylation sites is 1. The lowest BCUT2D eigenvalue weighted by atomic mass is 10.3. The van der Waals surface area contributed by atoms with Gasteiger partial charge in [0.2, 0.25) is 5.91 Å². The number of nitrogens with zero attached hydrogens (tertiary/aromatic N) is 2. The van der Waals surface area contributed by atoms with Gasteiger partial charge >= 0.3 is 0 Å². The van der Waals surface area contributed by atoms with E-state index in [0.717, 1.165) is 5.75 Å². The lowest BCUT2D eigenvalue weighted by molar-refractivity contribution is -0.121. The van der Waals surface area contributed by atoms with E-state index in [1.54, 1.807) is 0 Å². The summed E-state index contributed by atoms with van der Waals surface area (Å²) in [4.78, 5) is 31.1. The molecule has 2 rings (SSSR count). The number of carbonyl (C=O) groups is 2. The van der Waals surface area contributed by atoms with Crippen molar-refractivity contribution in [3.63, 3.8) is 0 Å². The molecular weight excluding hydrogens is 308 g/mol. The van der Waals surface area contributed by atoms with E-state index in [4.69, 9.17) is 4.74 Å². The molecule has 0 atom stereocenters. The number of amides is 2. The number of hydrogen-bond donors (Lipinski definition) is 2. The highest BCUT2D eigenvalue weighted by Crippen LogP contribution is 2.08. The maximum atomic E-state index is 11.7. The first kappa shape index (κ1) is 17.4. The van der Waals surface area contributed by atoms with Crippen LogP contribution in [0.2, 0.25) is 0 Å². The molecule has 1 aromatic carbocycles. The van der Waals surface area contributed by atoms with Gasteiger partial charge in [-0.15, -0.1) is 0 Å². The van der Waals surface area contributed by atoms with Crippen LogP contribution >= 0.6 is 0 Å². The second-order valence-electron chi connectivity index (χ2n) is 4.96. The first-order valence-corrected chi connectivity index (χ1v) is 7.74. The van der Waals surface area contributed by atoms with E-state index in [0.29, 0.717) is 32.5 Å². The summed E-state index contributed by atoms with van der Waals surface area (Å²) in [6.45, 7) is 1.19. The molecule has 0 saturated carbocycles. The second-order valence-corrected chi connectivity index (χ2v) is 4.96. The van der Waals surface area contributed by atoms with E-state index in [9.17, 15) is 9.59 Å². The Morgan fingerprint density at radius 2 is 1.83 bits per heavy atom. The third-order valence-corrected chi connectivity index (χ3v) is 3.09. The predicted octanol–water partition coefficient (Wildman–Crippen LogP) is 1.18. The molecular formula is C17H20N4O3. The van der Waals surface area contributed by atoms with Crippen LogP contribution < -0.4 is 15.4 Å². The van der Waals surface area contributed by atoms with Gasteiger partial charge < -0.3 is 15.4 Å². The van der Waals surface area contributed by atoms with Crippen molar-refractivity contribution in [1.82, 2.24) is 20.6 Å². The predicted molar refractivity (Wildman–Crippen MR) is 88.5 cm³/mol. The summed E-state index contributed by atoms with van der Waals surface area (Å²) >= 11 is 0. The highest BCUT2D eigenvalue weighted by Gasteiger charge is 2.06. The molecule has 2 N–H and O–H groups in total. The molecule has 126 valence electrons. The molecule has 7 heteroatoms. The Balaban J connectivity index is 1.51. The molecule has 0 aliphatic rings. The van der Waals surface area contributed by atoms with Crippen LogP contribution in [0.15, 0.2) is 48.9 Å². The fourth-order valence-electron chi connectivity index (χ4n) is 1.91. The average Bonchev–Trinajstić information content (AvgIpc) is 2.64. The Bertz CT molecular complexity index is 635. The third-order valence-electron chi connectivity index (χ3n) is 3.09. The minimum absolute atomic E-state index is 0.0691. The quantitative estimate of drug-likeness (QED) is 0.674. The van der Waals surface area contributed by atoms with Crippen LogP contribution in [0.5, 0.6) is 5.75 Å². The maximum Gasteiger partial charge on any atom is 0.271 e. The van der Waals surface area contributed by atoms with Crippen LogP contribution in [0.4, 0.5) is 0 Å². The van der Waals surface area contributed by atoms with E-state index in [-0.39, 0.29) is 17.5 Å². The first-order chi connectivity index (χ1) is 11.8. The van der Waals surface area contributed by atoms with Gasteiger partial charge in [0.05, 0.1) is 12.8 Å². The summed E-state index contributed by atoms with van der Waals surface area (Å²) in [5.74, 6) is 0.415. The fraction of sp³-hybridized carbons (Fsp3) is 0.294. The zero-order valence-electron chi connectivity index (χ0n) is 13.3. The number of rotatable bonds is 9. The summed E-state index contributed by atoms with van der Waals surface area (Å²) in [7, 11) is 0. The minimum Gasteiger partial charge on any atom is -0.494 e. The zero-order valence-corrected chi connectivity index (χ0v) is 13.3. The summed E-state index contributed by atoms with van der Waals surface area (Å²) in [5.41, 5.74) is 0.252. The van der Waals surface area contributed by atoms with Crippen LogP contribution in [-0.4, -0.2) is 41.5 Å². The molecule has 0 fully saturated rings. The van der Waals surface area contributed by atoms with E-state index < -0.39 is 0 Å². The van der Waals surface area contributed by atoms with Gasteiger partial charge in [-0.2, -0.15) is 0 Å². The lowest BCUT2D eigenvalue weighted by Gasteiger charge is -2.08. The Labute approximate surface area is 140 Å². The average molecular weight is 328 g/mol. The Morgan fingerprint density at radius 3 is 2.58 bits per heavy atom. The second kappa shape index (κ2) is 9.94. The highest BCUT2D eigenvalue weighted by atomic mass is 16.5. The third kappa shape index (κ3) is 6.43. The van der Waals surface area contributed by atoms with Gasteiger partial charge in [0, 0.05) is 31.9 Å².